The van der Waals surface area contributed by atoms with Gasteiger partial charge in [0.1, 0.15) is 11.5 Å². The number of benzene rings is 1. The minimum absolute atomic E-state index is 0.0115. The van der Waals surface area contributed by atoms with Crippen LogP contribution in [-0.2, 0) is 6.54 Å². The van der Waals surface area contributed by atoms with Crippen LogP contribution >= 0.6 is 0 Å². The van der Waals surface area contributed by atoms with Gasteiger partial charge < -0.3 is 14.4 Å². The quantitative estimate of drug-likeness (QED) is 0.846. The molecule has 1 aliphatic heterocycles. The van der Waals surface area contributed by atoms with Crippen molar-refractivity contribution in [3.8, 4) is 11.5 Å². The Morgan fingerprint density at radius 3 is 2.88 bits per heavy atom. The van der Waals surface area contributed by atoms with Gasteiger partial charge in [0.25, 0.3) is 5.91 Å². The van der Waals surface area contributed by atoms with Crippen molar-refractivity contribution in [1.82, 2.24) is 14.7 Å². The van der Waals surface area contributed by atoms with E-state index in [9.17, 15) is 4.79 Å². The molecular weight excluding hydrogens is 306 g/mol. The molecule has 0 radical (unpaired) electrons. The van der Waals surface area contributed by atoms with Crippen LogP contribution in [0.2, 0.25) is 0 Å². The predicted molar refractivity (Wildman–Crippen MR) is 90.4 cm³/mol. The van der Waals surface area contributed by atoms with Gasteiger partial charge in [-0.3, -0.25) is 9.48 Å². The zero-order chi connectivity index (χ0) is 16.9. The van der Waals surface area contributed by atoms with E-state index in [1.54, 1.807) is 38.6 Å². The second kappa shape index (κ2) is 7.38. The van der Waals surface area contributed by atoms with Gasteiger partial charge in [-0.2, -0.15) is 5.10 Å². The van der Waals surface area contributed by atoms with Crippen molar-refractivity contribution in [2.75, 3.05) is 20.8 Å². The summed E-state index contributed by atoms with van der Waals surface area (Å²) in [6.07, 6.45) is 6.83. The lowest BCUT2D eigenvalue weighted by atomic mass is 10.0. The second-order valence-electron chi connectivity index (χ2n) is 5.94. The summed E-state index contributed by atoms with van der Waals surface area (Å²) >= 11 is 0. The third-order valence-electron chi connectivity index (χ3n) is 4.48. The number of hydrogen-bond acceptors (Lipinski definition) is 4. The average Bonchev–Trinajstić information content (AvgIpc) is 3.14. The van der Waals surface area contributed by atoms with Crippen molar-refractivity contribution in [3.05, 3.63) is 42.2 Å². The molecule has 2 aromatic rings. The average molecular weight is 329 g/mol. The molecule has 6 nitrogen and oxygen atoms in total. The number of hydrogen-bond donors (Lipinski definition) is 0. The Balaban J connectivity index is 1.86. The summed E-state index contributed by atoms with van der Waals surface area (Å²) in [4.78, 5) is 15.1. The van der Waals surface area contributed by atoms with Crippen molar-refractivity contribution in [2.45, 2.75) is 31.8 Å². The lowest BCUT2D eigenvalue weighted by Gasteiger charge is -2.36. The minimum Gasteiger partial charge on any atom is -0.497 e. The highest BCUT2D eigenvalue weighted by Crippen LogP contribution is 2.28. The first kappa shape index (κ1) is 16.4. The van der Waals surface area contributed by atoms with Crippen molar-refractivity contribution >= 4 is 5.91 Å². The second-order valence-corrected chi connectivity index (χ2v) is 5.94. The molecule has 1 fully saturated rings. The summed E-state index contributed by atoms with van der Waals surface area (Å²) in [5, 5.41) is 4.27. The third kappa shape index (κ3) is 3.37. The SMILES string of the molecule is COc1ccc(OC)c(C(=O)N2CCCCC2Cn2cccn2)c1. The topological polar surface area (TPSA) is 56.6 Å². The van der Waals surface area contributed by atoms with Crippen LogP contribution in [0.5, 0.6) is 11.5 Å². The van der Waals surface area contributed by atoms with Gasteiger partial charge in [0.15, 0.2) is 0 Å². The molecule has 1 aromatic heterocycles. The number of aromatic nitrogens is 2. The lowest BCUT2D eigenvalue weighted by Crippen LogP contribution is -2.46. The van der Waals surface area contributed by atoms with Gasteiger partial charge in [0.2, 0.25) is 0 Å². The minimum atomic E-state index is -0.0115. The van der Waals surface area contributed by atoms with E-state index in [4.69, 9.17) is 9.47 Å². The maximum absolute atomic E-state index is 13.1. The van der Waals surface area contributed by atoms with E-state index < -0.39 is 0 Å². The molecular formula is C18H23N3O3. The number of nitrogens with zero attached hydrogens (tertiary/aromatic N) is 3. The van der Waals surface area contributed by atoms with E-state index in [1.165, 1.54) is 0 Å². The van der Waals surface area contributed by atoms with Crippen LogP contribution in [0.25, 0.3) is 0 Å². The van der Waals surface area contributed by atoms with Crippen LogP contribution in [0.15, 0.2) is 36.7 Å². The summed E-state index contributed by atoms with van der Waals surface area (Å²) in [5.74, 6) is 1.21. The fourth-order valence-corrected chi connectivity index (χ4v) is 3.22. The molecule has 6 heteroatoms. The summed E-state index contributed by atoms with van der Waals surface area (Å²) < 4.78 is 12.5. The van der Waals surface area contributed by atoms with Gasteiger partial charge in [0.05, 0.1) is 32.4 Å². The van der Waals surface area contributed by atoms with Crippen LogP contribution in [-0.4, -0.2) is 47.4 Å². The first-order valence-corrected chi connectivity index (χ1v) is 8.23. The molecule has 24 heavy (non-hydrogen) atoms. The molecule has 128 valence electrons. The zero-order valence-electron chi connectivity index (χ0n) is 14.1. The summed E-state index contributed by atoms with van der Waals surface area (Å²) in [6.45, 7) is 1.47. The van der Waals surface area contributed by atoms with Gasteiger partial charge in [-0.1, -0.05) is 0 Å². The molecule has 1 aliphatic rings. The van der Waals surface area contributed by atoms with E-state index in [2.05, 4.69) is 5.10 Å². The highest BCUT2D eigenvalue weighted by Gasteiger charge is 2.29. The van der Waals surface area contributed by atoms with Gasteiger partial charge in [-0.05, 0) is 43.5 Å². The van der Waals surface area contributed by atoms with Crippen LogP contribution in [0.4, 0.5) is 0 Å². The molecule has 3 rings (SSSR count). The van der Waals surface area contributed by atoms with Crippen LogP contribution in [0.1, 0.15) is 29.6 Å². The Bertz CT molecular complexity index is 685. The predicted octanol–water partition coefficient (Wildman–Crippen LogP) is 2.60. The summed E-state index contributed by atoms with van der Waals surface area (Å²) in [5.41, 5.74) is 0.546. The van der Waals surface area contributed by atoms with Gasteiger partial charge in [-0.25, -0.2) is 0 Å². The molecule has 1 unspecified atom stereocenters. The van der Waals surface area contributed by atoms with E-state index >= 15 is 0 Å². The molecule has 1 saturated heterocycles. The monoisotopic (exact) mass is 329 g/mol. The Morgan fingerprint density at radius 2 is 2.17 bits per heavy atom. The van der Waals surface area contributed by atoms with E-state index in [0.717, 1.165) is 25.8 Å². The Kier molecular flexibility index (Phi) is 5.03. The van der Waals surface area contributed by atoms with Gasteiger partial charge >= 0.3 is 0 Å². The maximum Gasteiger partial charge on any atom is 0.258 e. The molecule has 0 aliphatic carbocycles. The van der Waals surface area contributed by atoms with E-state index in [-0.39, 0.29) is 11.9 Å². The Labute approximate surface area is 142 Å². The molecule has 1 amide bonds. The van der Waals surface area contributed by atoms with Crippen molar-refractivity contribution in [2.24, 2.45) is 0 Å². The molecule has 0 saturated carbocycles. The number of carbonyl (C=O) groups excluding carboxylic acids is 1. The van der Waals surface area contributed by atoms with Crippen LogP contribution < -0.4 is 9.47 Å². The van der Waals surface area contributed by atoms with Gasteiger partial charge in [0, 0.05) is 18.9 Å². The lowest BCUT2D eigenvalue weighted by molar-refractivity contribution is 0.0580. The van der Waals surface area contributed by atoms with Crippen molar-refractivity contribution in [1.29, 1.82) is 0 Å². The smallest absolute Gasteiger partial charge is 0.258 e. The van der Waals surface area contributed by atoms with E-state index in [1.807, 2.05) is 21.8 Å². The molecule has 2 heterocycles. The largest absolute Gasteiger partial charge is 0.497 e. The normalized spacial score (nSPS) is 17.6. The van der Waals surface area contributed by atoms with Gasteiger partial charge in [-0.15, -0.1) is 0 Å². The van der Waals surface area contributed by atoms with Crippen molar-refractivity contribution < 1.29 is 14.3 Å². The highest BCUT2D eigenvalue weighted by molar-refractivity contribution is 5.97. The summed E-state index contributed by atoms with van der Waals surface area (Å²) in [6, 6.07) is 7.37. The standard InChI is InChI=1S/C18H23N3O3/c1-23-15-7-8-17(24-2)16(12-15)18(22)21-11-4-3-6-14(21)13-20-10-5-9-19-20/h5,7-10,12,14H,3-4,6,11,13H2,1-2H3. The molecule has 0 N–H and O–H groups in total. The first-order valence-electron chi connectivity index (χ1n) is 8.23. The zero-order valence-corrected chi connectivity index (χ0v) is 14.1. The van der Waals surface area contributed by atoms with E-state index in [0.29, 0.717) is 23.6 Å². The number of rotatable bonds is 5. The molecule has 1 atom stereocenters. The van der Waals surface area contributed by atoms with Crippen LogP contribution in [0.3, 0.4) is 0 Å². The number of amides is 1. The maximum atomic E-state index is 13.1. The summed E-state index contributed by atoms with van der Waals surface area (Å²) in [7, 11) is 3.17. The number of piperidine rings is 1. The first-order chi connectivity index (χ1) is 11.7. The fourth-order valence-electron chi connectivity index (χ4n) is 3.22. The third-order valence-corrected chi connectivity index (χ3v) is 4.48. The Morgan fingerprint density at radius 1 is 1.29 bits per heavy atom. The van der Waals surface area contributed by atoms with Crippen LogP contribution in [0, 0.1) is 0 Å². The number of methoxy groups -OCH3 is 2. The molecule has 0 spiro atoms. The number of likely N-dealkylation sites (tertiary alicyclic amines) is 1. The molecule has 1 aromatic carbocycles. The molecule has 0 bridgehead atoms. The number of ether oxygens (including phenoxy) is 2. The Hall–Kier alpha value is -2.50. The fraction of sp³-hybridized carbons (Fsp3) is 0.444. The highest BCUT2D eigenvalue weighted by atomic mass is 16.5. The van der Waals surface area contributed by atoms with Crippen molar-refractivity contribution in [3.63, 3.8) is 0 Å². The number of carbonyl (C=O) groups is 1.